The molecule has 124 valence electrons. The summed E-state index contributed by atoms with van der Waals surface area (Å²) in [5.74, 6) is 0.631. The predicted octanol–water partition coefficient (Wildman–Crippen LogP) is 3.41. The van der Waals surface area contributed by atoms with E-state index < -0.39 is 0 Å². The molecule has 0 aromatic carbocycles. The van der Waals surface area contributed by atoms with Gasteiger partial charge in [0.25, 0.3) is 5.91 Å². The predicted molar refractivity (Wildman–Crippen MR) is 91.4 cm³/mol. The zero-order chi connectivity index (χ0) is 16.2. The van der Waals surface area contributed by atoms with E-state index in [9.17, 15) is 4.79 Å². The van der Waals surface area contributed by atoms with Crippen LogP contribution in [0.3, 0.4) is 0 Å². The van der Waals surface area contributed by atoms with Gasteiger partial charge in [-0.05, 0) is 31.7 Å². The summed E-state index contributed by atoms with van der Waals surface area (Å²) in [6.45, 7) is 3.37. The van der Waals surface area contributed by atoms with E-state index in [0.717, 1.165) is 17.2 Å². The topological polar surface area (TPSA) is 51.0 Å². The van der Waals surface area contributed by atoms with Crippen molar-refractivity contribution in [3.63, 3.8) is 0 Å². The number of rotatable bonds is 5. The molecule has 0 aliphatic heterocycles. The molecule has 0 radical (unpaired) electrons. The summed E-state index contributed by atoms with van der Waals surface area (Å²) in [4.78, 5) is 19.2. The molecule has 1 fully saturated rings. The molecule has 5 nitrogen and oxygen atoms in total. The fourth-order valence-electron chi connectivity index (χ4n) is 3.22. The molecule has 23 heavy (non-hydrogen) atoms. The minimum atomic E-state index is 0.0227. The Labute approximate surface area is 141 Å². The number of carbonyl (C=O) groups is 1. The Hall–Kier alpha value is -1.69. The monoisotopic (exact) mass is 332 g/mol. The highest BCUT2D eigenvalue weighted by atomic mass is 32.1. The lowest BCUT2D eigenvalue weighted by atomic mass is 9.89. The molecule has 3 rings (SSSR count). The first-order valence-corrected chi connectivity index (χ1v) is 9.19. The maximum Gasteiger partial charge on any atom is 0.274 e. The zero-order valence-electron chi connectivity index (χ0n) is 13.9. The number of thiazole rings is 1. The Balaban J connectivity index is 1.76. The van der Waals surface area contributed by atoms with Crippen LogP contribution in [0.15, 0.2) is 17.6 Å². The van der Waals surface area contributed by atoms with Gasteiger partial charge in [-0.2, -0.15) is 5.10 Å². The van der Waals surface area contributed by atoms with Crippen LogP contribution in [0.25, 0.3) is 0 Å². The number of aromatic nitrogens is 3. The first kappa shape index (κ1) is 16.2. The van der Waals surface area contributed by atoms with Crippen molar-refractivity contribution in [3.8, 4) is 0 Å². The zero-order valence-corrected chi connectivity index (χ0v) is 14.7. The molecule has 1 aliphatic carbocycles. The van der Waals surface area contributed by atoms with E-state index in [4.69, 9.17) is 0 Å². The van der Waals surface area contributed by atoms with Crippen LogP contribution in [0.1, 0.15) is 53.3 Å². The lowest BCUT2D eigenvalue weighted by Gasteiger charge is -2.29. The molecule has 6 heteroatoms. The minimum absolute atomic E-state index is 0.0227. The van der Waals surface area contributed by atoms with Crippen LogP contribution in [0.5, 0.6) is 0 Å². The van der Waals surface area contributed by atoms with Gasteiger partial charge in [-0.1, -0.05) is 19.3 Å². The van der Waals surface area contributed by atoms with E-state index in [1.807, 2.05) is 30.3 Å². The largest absolute Gasteiger partial charge is 0.330 e. The lowest BCUT2D eigenvalue weighted by molar-refractivity contribution is 0.0692. The Kier molecular flexibility index (Phi) is 5.10. The Morgan fingerprint density at radius 3 is 2.78 bits per heavy atom. The molecular weight excluding hydrogens is 308 g/mol. The smallest absolute Gasteiger partial charge is 0.274 e. The van der Waals surface area contributed by atoms with E-state index in [2.05, 4.69) is 10.1 Å². The van der Waals surface area contributed by atoms with Crippen molar-refractivity contribution in [1.82, 2.24) is 19.7 Å². The van der Waals surface area contributed by atoms with E-state index in [1.54, 1.807) is 22.2 Å². The second-order valence-electron chi connectivity index (χ2n) is 6.41. The van der Waals surface area contributed by atoms with Gasteiger partial charge in [0.15, 0.2) is 5.69 Å². The Morgan fingerprint density at radius 2 is 2.17 bits per heavy atom. The fourth-order valence-corrected chi connectivity index (χ4v) is 3.85. The Morgan fingerprint density at radius 1 is 1.39 bits per heavy atom. The third kappa shape index (κ3) is 3.99. The first-order valence-electron chi connectivity index (χ1n) is 8.32. The summed E-state index contributed by atoms with van der Waals surface area (Å²) < 4.78 is 1.76. The molecule has 1 amide bonds. The summed E-state index contributed by atoms with van der Waals surface area (Å²) in [6, 6.07) is 1.87. The summed E-state index contributed by atoms with van der Waals surface area (Å²) in [5, 5.41) is 7.31. The van der Waals surface area contributed by atoms with Crippen molar-refractivity contribution in [3.05, 3.63) is 34.0 Å². The molecule has 2 aromatic rings. The first-order chi connectivity index (χ1) is 11.1. The Bertz CT molecular complexity index is 624. The lowest BCUT2D eigenvalue weighted by Crippen LogP contribution is -2.36. The van der Waals surface area contributed by atoms with Gasteiger partial charge >= 0.3 is 0 Å². The van der Waals surface area contributed by atoms with E-state index in [0.29, 0.717) is 18.2 Å². The fraction of sp³-hybridized carbons (Fsp3) is 0.588. The van der Waals surface area contributed by atoms with Crippen molar-refractivity contribution in [2.45, 2.75) is 45.6 Å². The number of amides is 1. The standard InChI is InChI=1S/C17H24N4OS/c1-13-10-15(19-20(13)2)17(22)21(12-16-18-8-9-23-16)11-14-6-4-3-5-7-14/h8-10,14H,3-7,11-12H2,1-2H3. The minimum Gasteiger partial charge on any atom is -0.330 e. The van der Waals surface area contributed by atoms with Gasteiger partial charge in [-0.25, -0.2) is 4.98 Å². The maximum atomic E-state index is 12.9. The number of aryl methyl sites for hydroxylation is 2. The van der Waals surface area contributed by atoms with Crippen molar-refractivity contribution < 1.29 is 4.79 Å². The normalized spacial score (nSPS) is 15.7. The number of hydrogen-bond donors (Lipinski definition) is 0. The third-order valence-electron chi connectivity index (χ3n) is 4.63. The molecule has 0 spiro atoms. The summed E-state index contributed by atoms with van der Waals surface area (Å²) in [6.07, 6.45) is 8.15. The average molecular weight is 332 g/mol. The van der Waals surface area contributed by atoms with Crippen molar-refractivity contribution in [2.75, 3.05) is 6.54 Å². The molecule has 1 saturated carbocycles. The number of hydrogen-bond acceptors (Lipinski definition) is 4. The molecule has 0 saturated heterocycles. The van der Waals surface area contributed by atoms with Gasteiger partial charge in [0.05, 0.1) is 6.54 Å². The molecule has 0 atom stereocenters. The highest BCUT2D eigenvalue weighted by Gasteiger charge is 2.24. The molecule has 0 unspecified atom stereocenters. The molecule has 1 aliphatic rings. The van der Waals surface area contributed by atoms with Crippen LogP contribution in [0, 0.1) is 12.8 Å². The van der Waals surface area contributed by atoms with E-state index in [1.165, 1.54) is 32.1 Å². The average Bonchev–Trinajstić information content (AvgIpc) is 3.17. The molecule has 2 aromatic heterocycles. The SMILES string of the molecule is Cc1cc(C(=O)N(Cc2nccs2)CC2CCCCC2)nn1C. The summed E-state index contributed by atoms with van der Waals surface area (Å²) >= 11 is 1.60. The van der Waals surface area contributed by atoms with E-state index in [-0.39, 0.29) is 5.91 Å². The highest BCUT2D eigenvalue weighted by Crippen LogP contribution is 2.25. The second-order valence-corrected chi connectivity index (χ2v) is 7.39. The van der Waals surface area contributed by atoms with Crippen LogP contribution in [0.2, 0.25) is 0 Å². The van der Waals surface area contributed by atoms with Crippen LogP contribution in [0.4, 0.5) is 0 Å². The van der Waals surface area contributed by atoms with Crippen molar-refractivity contribution >= 4 is 17.2 Å². The van der Waals surface area contributed by atoms with Gasteiger partial charge in [-0.3, -0.25) is 9.48 Å². The van der Waals surface area contributed by atoms with Crippen LogP contribution < -0.4 is 0 Å². The molecule has 2 heterocycles. The van der Waals surface area contributed by atoms with Gasteiger partial charge < -0.3 is 4.90 Å². The van der Waals surface area contributed by atoms with E-state index >= 15 is 0 Å². The van der Waals surface area contributed by atoms with Gasteiger partial charge in [0.1, 0.15) is 5.01 Å². The van der Waals surface area contributed by atoms with Gasteiger partial charge in [0.2, 0.25) is 0 Å². The summed E-state index contributed by atoms with van der Waals surface area (Å²) in [5.41, 5.74) is 1.54. The van der Waals surface area contributed by atoms with Gasteiger partial charge in [-0.15, -0.1) is 11.3 Å². The third-order valence-corrected chi connectivity index (χ3v) is 5.40. The molecule has 0 N–H and O–H groups in total. The molecular formula is C17H24N4OS. The highest BCUT2D eigenvalue weighted by molar-refractivity contribution is 7.09. The van der Waals surface area contributed by atoms with Crippen molar-refractivity contribution in [2.24, 2.45) is 13.0 Å². The van der Waals surface area contributed by atoms with Crippen LogP contribution in [-0.4, -0.2) is 32.1 Å². The maximum absolute atomic E-state index is 12.9. The second kappa shape index (κ2) is 7.25. The summed E-state index contributed by atoms with van der Waals surface area (Å²) in [7, 11) is 1.87. The number of nitrogens with zero attached hydrogens (tertiary/aromatic N) is 4. The van der Waals surface area contributed by atoms with Crippen LogP contribution >= 0.6 is 11.3 Å². The quantitative estimate of drug-likeness (QED) is 0.843. The number of carbonyl (C=O) groups excluding carboxylic acids is 1. The van der Waals surface area contributed by atoms with Crippen LogP contribution in [-0.2, 0) is 13.6 Å². The van der Waals surface area contributed by atoms with Gasteiger partial charge in [0, 0.05) is 30.9 Å². The molecule has 0 bridgehead atoms. The van der Waals surface area contributed by atoms with Crippen molar-refractivity contribution in [1.29, 1.82) is 0 Å².